The summed E-state index contributed by atoms with van der Waals surface area (Å²) in [5.41, 5.74) is 0.405. The molecule has 1 aliphatic rings. The first kappa shape index (κ1) is 16.1. The molecule has 1 aliphatic heterocycles. The first-order valence-electron chi connectivity index (χ1n) is 7.72. The third-order valence-electron chi connectivity index (χ3n) is 3.93. The zero-order valence-electron chi connectivity index (χ0n) is 12.9. The Hall–Kier alpha value is -2.76. The summed E-state index contributed by atoms with van der Waals surface area (Å²) in [7, 11) is 0. The molecular formula is C18H16F2N2O2. The van der Waals surface area contributed by atoms with Gasteiger partial charge in [0.2, 0.25) is 5.91 Å². The highest BCUT2D eigenvalue weighted by molar-refractivity contribution is 6.05. The number of nitrogens with one attached hydrogen (secondary N) is 1. The smallest absolute Gasteiger partial charge is 0.261 e. The Morgan fingerprint density at radius 2 is 1.75 bits per heavy atom. The molecule has 0 unspecified atom stereocenters. The van der Waals surface area contributed by atoms with Gasteiger partial charge < -0.3 is 10.2 Å². The SMILES string of the molecule is O=C(Nc1cccc(N2CCCCC2=O)c1)c1c(F)cccc1F. The largest absolute Gasteiger partial charge is 0.322 e. The maximum atomic E-state index is 13.7. The number of nitrogens with zero attached hydrogens (tertiary/aromatic N) is 1. The van der Waals surface area contributed by atoms with Crippen molar-refractivity contribution in [1.29, 1.82) is 0 Å². The second-order valence-electron chi connectivity index (χ2n) is 5.60. The van der Waals surface area contributed by atoms with E-state index in [1.54, 1.807) is 29.2 Å². The summed E-state index contributed by atoms with van der Waals surface area (Å²) in [5.74, 6) is -2.68. The number of hydrogen-bond acceptors (Lipinski definition) is 2. The minimum absolute atomic E-state index is 0.0323. The van der Waals surface area contributed by atoms with Crippen molar-refractivity contribution in [2.75, 3.05) is 16.8 Å². The van der Waals surface area contributed by atoms with Gasteiger partial charge in [-0.15, -0.1) is 0 Å². The molecule has 6 heteroatoms. The molecule has 0 spiro atoms. The Balaban J connectivity index is 1.82. The predicted molar refractivity (Wildman–Crippen MR) is 87.0 cm³/mol. The summed E-state index contributed by atoms with van der Waals surface area (Å²) >= 11 is 0. The lowest BCUT2D eigenvalue weighted by Crippen LogP contribution is -2.35. The summed E-state index contributed by atoms with van der Waals surface area (Å²) in [6.45, 7) is 0.623. The molecule has 2 amide bonds. The summed E-state index contributed by atoms with van der Waals surface area (Å²) in [5, 5.41) is 2.48. The molecule has 1 heterocycles. The van der Waals surface area contributed by atoms with E-state index in [-0.39, 0.29) is 5.91 Å². The molecule has 1 N–H and O–H groups in total. The van der Waals surface area contributed by atoms with Gasteiger partial charge in [-0.25, -0.2) is 8.78 Å². The minimum atomic E-state index is -0.921. The lowest BCUT2D eigenvalue weighted by Gasteiger charge is -2.27. The fraction of sp³-hybridized carbons (Fsp3) is 0.222. The van der Waals surface area contributed by atoms with Crippen molar-refractivity contribution >= 4 is 23.2 Å². The van der Waals surface area contributed by atoms with E-state index >= 15 is 0 Å². The van der Waals surface area contributed by atoms with Gasteiger partial charge >= 0.3 is 0 Å². The summed E-state index contributed by atoms with van der Waals surface area (Å²) in [4.78, 5) is 25.8. The van der Waals surface area contributed by atoms with E-state index < -0.39 is 23.1 Å². The molecule has 124 valence electrons. The first-order valence-corrected chi connectivity index (χ1v) is 7.72. The maximum absolute atomic E-state index is 13.7. The van der Waals surface area contributed by atoms with Crippen molar-refractivity contribution in [3.8, 4) is 0 Å². The van der Waals surface area contributed by atoms with Gasteiger partial charge in [0.15, 0.2) is 0 Å². The van der Waals surface area contributed by atoms with Crippen molar-refractivity contribution in [1.82, 2.24) is 0 Å². The van der Waals surface area contributed by atoms with Crippen LogP contribution in [0.1, 0.15) is 29.6 Å². The van der Waals surface area contributed by atoms with Gasteiger partial charge in [-0.2, -0.15) is 0 Å². The number of halogens is 2. The Morgan fingerprint density at radius 3 is 2.46 bits per heavy atom. The van der Waals surface area contributed by atoms with Crippen LogP contribution in [0.3, 0.4) is 0 Å². The molecular weight excluding hydrogens is 314 g/mol. The lowest BCUT2D eigenvalue weighted by atomic mass is 10.1. The van der Waals surface area contributed by atoms with E-state index in [1.165, 1.54) is 6.07 Å². The van der Waals surface area contributed by atoms with Gasteiger partial charge in [0.25, 0.3) is 5.91 Å². The predicted octanol–water partition coefficient (Wildman–Crippen LogP) is 3.73. The van der Waals surface area contributed by atoms with E-state index in [1.807, 2.05) is 0 Å². The van der Waals surface area contributed by atoms with E-state index in [4.69, 9.17) is 0 Å². The Labute approximate surface area is 138 Å². The van der Waals surface area contributed by atoms with Gasteiger partial charge in [0, 0.05) is 24.3 Å². The van der Waals surface area contributed by atoms with Crippen LogP contribution in [-0.4, -0.2) is 18.4 Å². The average molecular weight is 330 g/mol. The Morgan fingerprint density at radius 1 is 1.04 bits per heavy atom. The number of amides is 2. The van der Waals surface area contributed by atoms with Gasteiger partial charge in [0.05, 0.1) is 0 Å². The van der Waals surface area contributed by atoms with Crippen molar-refractivity contribution < 1.29 is 18.4 Å². The van der Waals surface area contributed by atoms with Crippen LogP contribution in [0.4, 0.5) is 20.2 Å². The molecule has 0 atom stereocenters. The van der Waals surface area contributed by atoms with Crippen LogP contribution in [0.2, 0.25) is 0 Å². The molecule has 1 saturated heterocycles. The topological polar surface area (TPSA) is 49.4 Å². The second-order valence-corrected chi connectivity index (χ2v) is 5.60. The summed E-state index contributed by atoms with van der Waals surface area (Å²) in [6.07, 6.45) is 2.29. The van der Waals surface area contributed by atoms with E-state index in [0.717, 1.165) is 25.0 Å². The van der Waals surface area contributed by atoms with Crippen molar-refractivity contribution in [3.63, 3.8) is 0 Å². The van der Waals surface area contributed by atoms with E-state index in [0.29, 0.717) is 24.3 Å². The molecule has 0 saturated carbocycles. The van der Waals surface area contributed by atoms with Crippen LogP contribution >= 0.6 is 0 Å². The van der Waals surface area contributed by atoms with Gasteiger partial charge in [0.1, 0.15) is 17.2 Å². The first-order chi connectivity index (χ1) is 11.6. The molecule has 0 radical (unpaired) electrons. The van der Waals surface area contributed by atoms with Crippen molar-refractivity contribution in [3.05, 3.63) is 59.7 Å². The van der Waals surface area contributed by atoms with Gasteiger partial charge in [-0.1, -0.05) is 12.1 Å². The van der Waals surface area contributed by atoms with Crippen molar-refractivity contribution in [2.45, 2.75) is 19.3 Å². The summed E-state index contributed by atoms with van der Waals surface area (Å²) in [6, 6.07) is 9.94. The molecule has 4 nitrogen and oxygen atoms in total. The number of hydrogen-bond donors (Lipinski definition) is 1. The van der Waals surface area contributed by atoms with Crippen LogP contribution in [-0.2, 0) is 4.79 Å². The van der Waals surface area contributed by atoms with E-state index in [9.17, 15) is 18.4 Å². The number of anilines is 2. The fourth-order valence-corrected chi connectivity index (χ4v) is 2.74. The maximum Gasteiger partial charge on any atom is 0.261 e. The monoisotopic (exact) mass is 330 g/mol. The van der Waals surface area contributed by atoms with Crippen LogP contribution < -0.4 is 10.2 Å². The van der Waals surface area contributed by atoms with Crippen LogP contribution in [0.25, 0.3) is 0 Å². The molecule has 3 rings (SSSR count). The highest BCUT2D eigenvalue weighted by Crippen LogP contribution is 2.24. The number of rotatable bonds is 3. The number of carbonyl (C=O) groups excluding carboxylic acids is 2. The molecule has 2 aromatic carbocycles. The molecule has 0 bridgehead atoms. The quantitative estimate of drug-likeness (QED) is 0.932. The molecule has 2 aromatic rings. The number of carbonyl (C=O) groups is 2. The average Bonchev–Trinajstić information content (AvgIpc) is 2.55. The standard InChI is InChI=1S/C18H16F2N2O2/c19-14-7-4-8-15(20)17(14)18(24)21-12-5-3-6-13(11-12)22-10-2-1-9-16(22)23/h3-8,11H,1-2,9-10H2,(H,21,24). The van der Waals surface area contributed by atoms with Crippen molar-refractivity contribution in [2.24, 2.45) is 0 Å². The van der Waals surface area contributed by atoms with Crippen LogP contribution in [0.15, 0.2) is 42.5 Å². The van der Waals surface area contributed by atoms with E-state index in [2.05, 4.69) is 5.32 Å². The third kappa shape index (κ3) is 3.27. The summed E-state index contributed by atoms with van der Waals surface area (Å²) < 4.78 is 27.3. The molecule has 0 aliphatic carbocycles. The minimum Gasteiger partial charge on any atom is -0.322 e. The van der Waals surface area contributed by atoms with Gasteiger partial charge in [-0.3, -0.25) is 9.59 Å². The zero-order valence-corrected chi connectivity index (χ0v) is 12.9. The fourth-order valence-electron chi connectivity index (χ4n) is 2.74. The number of piperidine rings is 1. The molecule has 1 fully saturated rings. The third-order valence-corrected chi connectivity index (χ3v) is 3.93. The second kappa shape index (κ2) is 6.78. The van der Waals surface area contributed by atoms with Gasteiger partial charge in [-0.05, 0) is 43.2 Å². The zero-order chi connectivity index (χ0) is 17.1. The lowest BCUT2D eigenvalue weighted by molar-refractivity contribution is -0.119. The highest BCUT2D eigenvalue weighted by atomic mass is 19.1. The number of benzene rings is 2. The molecule has 24 heavy (non-hydrogen) atoms. The molecule has 0 aromatic heterocycles. The Bertz CT molecular complexity index is 772. The Kier molecular flexibility index (Phi) is 4.55. The highest BCUT2D eigenvalue weighted by Gasteiger charge is 2.21. The van der Waals surface area contributed by atoms with Crippen LogP contribution in [0.5, 0.6) is 0 Å². The normalized spacial score (nSPS) is 14.6. The van der Waals surface area contributed by atoms with Crippen LogP contribution in [0, 0.1) is 11.6 Å².